The van der Waals surface area contributed by atoms with Crippen molar-refractivity contribution < 1.29 is 9.90 Å². The normalized spacial score (nSPS) is 14.5. The van der Waals surface area contributed by atoms with Crippen LogP contribution in [0.4, 0.5) is 0 Å². The van der Waals surface area contributed by atoms with Gasteiger partial charge in [-0.1, -0.05) is 18.2 Å². The second-order valence-corrected chi connectivity index (χ2v) is 3.91. The Kier molecular flexibility index (Phi) is 2.73. The van der Waals surface area contributed by atoms with Crippen molar-refractivity contribution in [2.75, 3.05) is 13.2 Å². The number of carbonyl (C=O) groups excluding carboxylic acids is 1. The summed E-state index contributed by atoms with van der Waals surface area (Å²) in [6.45, 7) is 3.44. The third-order valence-corrected chi connectivity index (χ3v) is 2.81. The summed E-state index contributed by atoms with van der Waals surface area (Å²) in [4.78, 5) is 13.8. The summed E-state index contributed by atoms with van der Waals surface area (Å²) in [5.41, 5.74) is 3.01. The fraction of sp³-hybridized carbons (Fsp3) is 0.417. The third-order valence-electron chi connectivity index (χ3n) is 2.81. The van der Waals surface area contributed by atoms with Gasteiger partial charge in [0, 0.05) is 25.3 Å². The molecule has 3 heteroatoms. The van der Waals surface area contributed by atoms with E-state index in [1.807, 2.05) is 25.1 Å². The van der Waals surface area contributed by atoms with Crippen LogP contribution in [0.3, 0.4) is 0 Å². The molecule has 0 saturated heterocycles. The molecule has 1 aromatic rings. The standard InChI is InChI=1S/C12H15NO2/c1-9-4-2-5-10-8-13(6-3-7-14)12(15)11(9)10/h2,4-5,14H,3,6-8H2,1H3. The summed E-state index contributed by atoms with van der Waals surface area (Å²) < 4.78 is 0. The lowest BCUT2D eigenvalue weighted by molar-refractivity contribution is 0.0768. The highest BCUT2D eigenvalue weighted by atomic mass is 16.3. The molecule has 0 bridgehead atoms. The maximum atomic E-state index is 12.0. The lowest BCUT2D eigenvalue weighted by Crippen LogP contribution is -2.25. The molecule has 0 aromatic heterocycles. The molecular formula is C12H15NO2. The highest BCUT2D eigenvalue weighted by molar-refractivity contribution is 5.99. The van der Waals surface area contributed by atoms with Gasteiger partial charge in [-0.3, -0.25) is 4.79 Å². The van der Waals surface area contributed by atoms with E-state index in [4.69, 9.17) is 5.11 Å². The molecule has 1 amide bonds. The molecule has 0 unspecified atom stereocenters. The summed E-state index contributed by atoms with van der Waals surface area (Å²) in [6.07, 6.45) is 0.652. The van der Waals surface area contributed by atoms with E-state index in [2.05, 4.69) is 0 Å². The van der Waals surface area contributed by atoms with Crippen LogP contribution in [0.15, 0.2) is 18.2 Å². The quantitative estimate of drug-likeness (QED) is 0.808. The molecular weight excluding hydrogens is 190 g/mol. The van der Waals surface area contributed by atoms with Crippen LogP contribution < -0.4 is 0 Å². The number of rotatable bonds is 3. The molecule has 1 aromatic carbocycles. The average Bonchev–Trinajstić information content (AvgIpc) is 2.54. The van der Waals surface area contributed by atoms with Crippen molar-refractivity contribution in [2.24, 2.45) is 0 Å². The van der Waals surface area contributed by atoms with Crippen LogP contribution in [0, 0.1) is 6.92 Å². The summed E-state index contributed by atoms with van der Waals surface area (Å²) in [7, 11) is 0. The van der Waals surface area contributed by atoms with Crippen molar-refractivity contribution in [1.82, 2.24) is 4.90 Å². The summed E-state index contributed by atoms with van der Waals surface area (Å²) in [6, 6.07) is 5.95. The number of benzene rings is 1. The molecule has 15 heavy (non-hydrogen) atoms. The van der Waals surface area contributed by atoms with Gasteiger partial charge >= 0.3 is 0 Å². The number of aryl methyl sites for hydroxylation is 1. The van der Waals surface area contributed by atoms with E-state index in [1.54, 1.807) is 4.90 Å². The first-order valence-electron chi connectivity index (χ1n) is 5.22. The van der Waals surface area contributed by atoms with E-state index >= 15 is 0 Å². The van der Waals surface area contributed by atoms with Gasteiger partial charge in [0.05, 0.1) is 0 Å². The second kappa shape index (κ2) is 4.03. The zero-order valence-corrected chi connectivity index (χ0v) is 8.86. The zero-order valence-electron chi connectivity index (χ0n) is 8.86. The molecule has 0 fully saturated rings. The van der Waals surface area contributed by atoms with Gasteiger partial charge in [-0.05, 0) is 24.5 Å². The number of amides is 1. The largest absolute Gasteiger partial charge is 0.396 e. The van der Waals surface area contributed by atoms with Crippen molar-refractivity contribution in [1.29, 1.82) is 0 Å². The molecule has 1 heterocycles. The number of hydrogen-bond donors (Lipinski definition) is 1. The first-order chi connectivity index (χ1) is 7.24. The van der Waals surface area contributed by atoms with E-state index < -0.39 is 0 Å². The molecule has 0 spiro atoms. The minimum Gasteiger partial charge on any atom is -0.396 e. The van der Waals surface area contributed by atoms with Crippen molar-refractivity contribution in [3.05, 3.63) is 34.9 Å². The molecule has 0 radical (unpaired) electrons. The molecule has 1 N–H and O–H groups in total. The number of hydrogen-bond acceptors (Lipinski definition) is 2. The topological polar surface area (TPSA) is 40.5 Å². The molecule has 2 rings (SSSR count). The summed E-state index contributed by atoms with van der Waals surface area (Å²) >= 11 is 0. The van der Waals surface area contributed by atoms with Crippen molar-refractivity contribution in [3.63, 3.8) is 0 Å². The van der Waals surface area contributed by atoms with Crippen LogP contribution in [0.5, 0.6) is 0 Å². The Hall–Kier alpha value is -1.35. The minimum absolute atomic E-state index is 0.108. The number of carbonyl (C=O) groups is 1. The van der Waals surface area contributed by atoms with Crippen molar-refractivity contribution >= 4 is 5.91 Å². The number of nitrogens with zero attached hydrogens (tertiary/aromatic N) is 1. The molecule has 3 nitrogen and oxygen atoms in total. The van der Waals surface area contributed by atoms with Gasteiger partial charge in [0.15, 0.2) is 0 Å². The van der Waals surface area contributed by atoms with Gasteiger partial charge in [0.2, 0.25) is 0 Å². The van der Waals surface area contributed by atoms with E-state index in [-0.39, 0.29) is 12.5 Å². The van der Waals surface area contributed by atoms with Crippen LogP contribution in [-0.2, 0) is 6.54 Å². The highest BCUT2D eigenvalue weighted by Crippen LogP contribution is 2.25. The Labute approximate surface area is 89.3 Å². The summed E-state index contributed by atoms with van der Waals surface area (Å²) in [5, 5.41) is 8.75. The molecule has 1 aliphatic heterocycles. The van der Waals surface area contributed by atoms with Crippen molar-refractivity contribution in [3.8, 4) is 0 Å². The number of aliphatic hydroxyl groups excluding tert-OH is 1. The Balaban J connectivity index is 2.22. The van der Waals surface area contributed by atoms with E-state index in [1.165, 1.54) is 0 Å². The number of fused-ring (bicyclic) bond motifs is 1. The first-order valence-corrected chi connectivity index (χ1v) is 5.22. The fourth-order valence-electron chi connectivity index (χ4n) is 2.04. The van der Waals surface area contributed by atoms with Crippen LogP contribution in [0.2, 0.25) is 0 Å². The van der Waals surface area contributed by atoms with Gasteiger partial charge in [-0.25, -0.2) is 0 Å². The maximum Gasteiger partial charge on any atom is 0.254 e. The van der Waals surface area contributed by atoms with E-state index in [0.717, 1.165) is 16.7 Å². The molecule has 0 atom stereocenters. The predicted molar refractivity (Wildman–Crippen MR) is 57.6 cm³/mol. The van der Waals surface area contributed by atoms with Gasteiger partial charge < -0.3 is 10.0 Å². The fourth-order valence-corrected chi connectivity index (χ4v) is 2.04. The maximum absolute atomic E-state index is 12.0. The lowest BCUT2D eigenvalue weighted by atomic mass is 10.0. The predicted octanol–water partition coefficient (Wildman–Crippen LogP) is 1.33. The lowest BCUT2D eigenvalue weighted by Gasteiger charge is -2.14. The Morgan fingerprint density at radius 2 is 2.27 bits per heavy atom. The molecule has 0 saturated carbocycles. The van der Waals surface area contributed by atoms with Gasteiger partial charge in [-0.2, -0.15) is 0 Å². The summed E-state index contributed by atoms with van der Waals surface area (Å²) in [5.74, 6) is 0.108. The van der Waals surface area contributed by atoms with Crippen LogP contribution in [0.1, 0.15) is 27.9 Å². The molecule has 0 aliphatic carbocycles. The van der Waals surface area contributed by atoms with Crippen LogP contribution in [-0.4, -0.2) is 29.1 Å². The Morgan fingerprint density at radius 3 is 2.93 bits per heavy atom. The Morgan fingerprint density at radius 1 is 1.47 bits per heavy atom. The second-order valence-electron chi connectivity index (χ2n) is 3.91. The third kappa shape index (κ3) is 1.75. The number of aliphatic hydroxyl groups is 1. The van der Waals surface area contributed by atoms with Crippen LogP contribution in [0.25, 0.3) is 0 Å². The van der Waals surface area contributed by atoms with Gasteiger partial charge in [0.25, 0.3) is 5.91 Å². The van der Waals surface area contributed by atoms with Gasteiger partial charge in [0.1, 0.15) is 0 Å². The smallest absolute Gasteiger partial charge is 0.254 e. The van der Waals surface area contributed by atoms with Crippen molar-refractivity contribution in [2.45, 2.75) is 19.9 Å². The zero-order chi connectivity index (χ0) is 10.8. The van der Waals surface area contributed by atoms with Crippen LogP contribution >= 0.6 is 0 Å². The van der Waals surface area contributed by atoms with Gasteiger partial charge in [-0.15, -0.1) is 0 Å². The first kappa shape index (κ1) is 10.2. The van der Waals surface area contributed by atoms with E-state index in [9.17, 15) is 4.79 Å². The van der Waals surface area contributed by atoms with E-state index in [0.29, 0.717) is 19.5 Å². The molecule has 1 aliphatic rings. The highest BCUT2D eigenvalue weighted by Gasteiger charge is 2.27. The Bertz CT molecular complexity index is 387. The minimum atomic E-state index is 0.108. The SMILES string of the molecule is Cc1cccc2c1C(=O)N(CCCO)C2. The average molecular weight is 205 g/mol. The monoisotopic (exact) mass is 205 g/mol. The molecule has 80 valence electrons.